The van der Waals surface area contributed by atoms with Crippen LogP contribution in [0.3, 0.4) is 0 Å². The highest BCUT2D eigenvalue weighted by atomic mass is 32.1. The number of unbranched alkanes of at least 4 members (excludes halogenated alkanes) is 1. The van der Waals surface area contributed by atoms with Gasteiger partial charge in [-0.2, -0.15) is 0 Å². The van der Waals surface area contributed by atoms with Gasteiger partial charge in [0, 0.05) is 32.6 Å². The third-order valence-electron chi connectivity index (χ3n) is 5.49. The first kappa shape index (κ1) is 22.5. The highest BCUT2D eigenvalue weighted by Gasteiger charge is 2.27. The number of benzene rings is 1. The lowest BCUT2D eigenvalue weighted by atomic mass is 9.95. The zero-order chi connectivity index (χ0) is 21.5. The van der Waals surface area contributed by atoms with Gasteiger partial charge in [0.05, 0.1) is 6.67 Å². The molecule has 3 rings (SSSR count). The molecule has 7 nitrogen and oxygen atoms in total. The highest BCUT2D eigenvalue weighted by Crippen LogP contribution is 2.20. The van der Waals surface area contributed by atoms with E-state index in [2.05, 4.69) is 16.9 Å². The van der Waals surface area contributed by atoms with Crippen molar-refractivity contribution in [3.8, 4) is 5.75 Å². The molecular formula is C22H32N4O3S. The van der Waals surface area contributed by atoms with Crippen molar-refractivity contribution in [3.63, 3.8) is 0 Å². The van der Waals surface area contributed by atoms with Crippen molar-refractivity contribution in [3.05, 3.63) is 40.6 Å². The van der Waals surface area contributed by atoms with E-state index in [-0.39, 0.29) is 18.4 Å². The van der Waals surface area contributed by atoms with E-state index < -0.39 is 0 Å². The first-order valence-electron chi connectivity index (χ1n) is 10.7. The Hall–Kier alpha value is -2.19. The van der Waals surface area contributed by atoms with Gasteiger partial charge in [0.2, 0.25) is 5.91 Å². The largest absolute Gasteiger partial charge is 0.484 e. The number of carbonyl (C=O) groups is 1. The van der Waals surface area contributed by atoms with E-state index in [1.165, 1.54) is 0 Å². The first-order valence-corrected chi connectivity index (χ1v) is 11.1. The molecule has 0 atom stereocenters. The maximum absolute atomic E-state index is 12.6. The summed E-state index contributed by atoms with van der Waals surface area (Å²) in [6.45, 7) is 7.51. The minimum Gasteiger partial charge on any atom is -0.484 e. The Morgan fingerprint density at radius 2 is 2.13 bits per heavy atom. The number of aryl methyl sites for hydroxylation is 1. The molecule has 0 unspecified atom stereocenters. The van der Waals surface area contributed by atoms with Gasteiger partial charge in [-0.05, 0) is 56.1 Å². The molecule has 0 radical (unpaired) electrons. The summed E-state index contributed by atoms with van der Waals surface area (Å²) in [5.74, 6) is 1.63. The Morgan fingerprint density at radius 1 is 1.37 bits per heavy atom. The number of carbonyl (C=O) groups excluding carboxylic acids is 1. The van der Waals surface area contributed by atoms with Crippen molar-refractivity contribution < 1.29 is 13.9 Å². The van der Waals surface area contributed by atoms with Gasteiger partial charge in [-0.3, -0.25) is 9.69 Å². The lowest BCUT2D eigenvalue weighted by Gasteiger charge is -2.32. The normalized spacial score (nSPS) is 15.3. The fraction of sp³-hybridized carbons (Fsp3) is 0.591. The van der Waals surface area contributed by atoms with Crippen LogP contribution in [0.5, 0.6) is 5.75 Å². The van der Waals surface area contributed by atoms with Crippen LogP contribution in [0.15, 0.2) is 28.7 Å². The second kappa shape index (κ2) is 10.7. The average molecular weight is 433 g/mol. The van der Waals surface area contributed by atoms with Crippen LogP contribution < -0.4 is 4.74 Å². The van der Waals surface area contributed by atoms with Crippen molar-refractivity contribution in [2.75, 3.05) is 26.7 Å². The number of amides is 1. The van der Waals surface area contributed by atoms with Gasteiger partial charge in [-0.1, -0.05) is 25.5 Å². The zero-order valence-electron chi connectivity index (χ0n) is 18.2. The van der Waals surface area contributed by atoms with Gasteiger partial charge in [-0.15, -0.1) is 5.10 Å². The topological polar surface area (TPSA) is 63.7 Å². The third-order valence-corrected chi connectivity index (χ3v) is 5.79. The summed E-state index contributed by atoms with van der Waals surface area (Å²) in [7, 11) is 1.92. The zero-order valence-corrected chi connectivity index (χ0v) is 19.0. The van der Waals surface area contributed by atoms with Gasteiger partial charge < -0.3 is 14.1 Å². The van der Waals surface area contributed by atoms with E-state index >= 15 is 0 Å². The monoisotopic (exact) mass is 432 g/mol. The second-order valence-electron chi connectivity index (χ2n) is 8.01. The van der Waals surface area contributed by atoms with Crippen molar-refractivity contribution in [1.29, 1.82) is 0 Å². The van der Waals surface area contributed by atoms with Crippen LogP contribution >= 0.6 is 12.2 Å². The predicted molar refractivity (Wildman–Crippen MR) is 118 cm³/mol. The van der Waals surface area contributed by atoms with Crippen LogP contribution in [0, 0.1) is 17.7 Å². The Balaban J connectivity index is 1.48. The molecule has 164 valence electrons. The summed E-state index contributed by atoms with van der Waals surface area (Å²) in [6.07, 6.45) is 3.89. The van der Waals surface area contributed by atoms with Gasteiger partial charge in [0.1, 0.15) is 5.75 Å². The Kier molecular flexibility index (Phi) is 8.04. The van der Waals surface area contributed by atoms with Crippen LogP contribution in [0.2, 0.25) is 0 Å². The molecule has 1 aliphatic rings. The van der Waals surface area contributed by atoms with Crippen LogP contribution in [-0.2, 0) is 18.1 Å². The molecule has 1 aromatic heterocycles. The minimum atomic E-state index is 0.117. The number of nitrogens with zero attached hydrogens (tertiary/aromatic N) is 4. The molecule has 0 saturated carbocycles. The summed E-state index contributed by atoms with van der Waals surface area (Å²) >= 11 is 5.32. The van der Waals surface area contributed by atoms with Crippen LogP contribution in [0.25, 0.3) is 0 Å². The molecule has 8 heteroatoms. The van der Waals surface area contributed by atoms with Crippen LogP contribution in [-0.4, -0.2) is 52.2 Å². The Morgan fingerprint density at radius 3 is 2.83 bits per heavy atom. The third kappa shape index (κ3) is 6.15. The number of hydrogen-bond donors (Lipinski definition) is 0. The summed E-state index contributed by atoms with van der Waals surface area (Å²) in [5.41, 5.74) is 1.14. The molecule has 1 fully saturated rings. The molecule has 1 aromatic carbocycles. The fourth-order valence-electron chi connectivity index (χ4n) is 3.68. The van der Waals surface area contributed by atoms with Crippen molar-refractivity contribution in [2.24, 2.45) is 5.92 Å². The van der Waals surface area contributed by atoms with Gasteiger partial charge in [-0.25, -0.2) is 4.68 Å². The maximum atomic E-state index is 12.6. The molecule has 1 aliphatic heterocycles. The lowest BCUT2D eigenvalue weighted by molar-refractivity contribution is -0.135. The highest BCUT2D eigenvalue weighted by molar-refractivity contribution is 7.71. The predicted octanol–water partition coefficient (Wildman–Crippen LogP) is 4.02. The van der Waals surface area contributed by atoms with E-state index in [0.29, 0.717) is 17.4 Å². The molecule has 0 spiro atoms. The molecule has 1 saturated heterocycles. The smallest absolute Gasteiger partial charge is 0.288 e. The standard InChI is InChI=1S/C22H32N4O3S/c1-4-5-11-24(3)21(27)18-9-12-25(13-10-18)16-26-22(30)29-20(23-26)15-28-19-8-6-7-17(2)14-19/h6-8,14,18H,4-5,9-13,15-16H2,1-3H3. The minimum absolute atomic E-state index is 0.117. The average Bonchev–Trinajstić information content (AvgIpc) is 3.09. The number of rotatable bonds is 9. The number of piperidine rings is 1. The van der Waals surface area contributed by atoms with E-state index in [4.69, 9.17) is 21.4 Å². The maximum Gasteiger partial charge on any atom is 0.288 e. The Labute approximate surface area is 183 Å². The number of ether oxygens (including phenoxy) is 1. The fourth-order valence-corrected chi connectivity index (χ4v) is 3.87. The molecule has 0 bridgehead atoms. The number of likely N-dealkylation sites (tertiary alicyclic amines) is 1. The molecule has 2 heterocycles. The second-order valence-corrected chi connectivity index (χ2v) is 8.36. The molecule has 2 aromatic rings. The molecule has 0 N–H and O–H groups in total. The van der Waals surface area contributed by atoms with E-state index in [1.54, 1.807) is 4.68 Å². The molecule has 30 heavy (non-hydrogen) atoms. The van der Waals surface area contributed by atoms with Crippen molar-refractivity contribution >= 4 is 18.1 Å². The van der Waals surface area contributed by atoms with E-state index in [9.17, 15) is 4.79 Å². The SMILES string of the molecule is CCCCN(C)C(=O)C1CCN(Cn2nc(COc3cccc(C)c3)oc2=S)CC1. The molecule has 0 aliphatic carbocycles. The number of hydrogen-bond acceptors (Lipinski definition) is 6. The Bertz CT molecular complexity index is 887. The van der Waals surface area contributed by atoms with E-state index in [1.807, 2.05) is 43.1 Å². The van der Waals surface area contributed by atoms with Crippen LogP contribution in [0.1, 0.15) is 44.1 Å². The molecular weight excluding hydrogens is 400 g/mol. The number of aromatic nitrogens is 2. The van der Waals surface area contributed by atoms with E-state index in [0.717, 1.165) is 56.6 Å². The lowest BCUT2D eigenvalue weighted by Crippen LogP contribution is -2.42. The van der Waals surface area contributed by atoms with Crippen molar-refractivity contribution in [1.82, 2.24) is 19.6 Å². The summed E-state index contributed by atoms with van der Waals surface area (Å²) in [6, 6.07) is 7.85. The summed E-state index contributed by atoms with van der Waals surface area (Å²) in [4.78, 5) is 17.1. The van der Waals surface area contributed by atoms with Gasteiger partial charge in [0.15, 0.2) is 6.61 Å². The first-order chi connectivity index (χ1) is 14.5. The summed E-state index contributed by atoms with van der Waals surface area (Å²) < 4.78 is 13.0. The van der Waals surface area contributed by atoms with Gasteiger partial charge in [0.25, 0.3) is 10.7 Å². The van der Waals surface area contributed by atoms with Crippen LogP contribution in [0.4, 0.5) is 0 Å². The van der Waals surface area contributed by atoms with Gasteiger partial charge >= 0.3 is 0 Å². The quantitative estimate of drug-likeness (QED) is 0.558. The summed E-state index contributed by atoms with van der Waals surface area (Å²) in [5, 5.41) is 4.46. The van der Waals surface area contributed by atoms with Crippen molar-refractivity contribution in [2.45, 2.75) is 52.8 Å². The molecule has 1 amide bonds.